The van der Waals surface area contributed by atoms with Gasteiger partial charge in [0.05, 0.1) is 19.1 Å². The molecule has 0 aliphatic heterocycles. The van der Waals surface area contributed by atoms with E-state index >= 15 is 0 Å². The molecule has 2 aromatic carbocycles. The molecule has 0 aromatic heterocycles. The molecule has 2 rings (SSSR count). The van der Waals surface area contributed by atoms with Gasteiger partial charge in [-0.15, -0.1) is 0 Å². The van der Waals surface area contributed by atoms with E-state index in [1.165, 1.54) is 0 Å². The number of aliphatic hydroxyl groups excluding tert-OH is 1. The molecule has 0 bridgehead atoms. The van der Waals surface area contributed by atoms with E-state index < -0.39 is 6.10 Å². The number of rotatable bonds is 8. The van der Waals surface area contributed by atoms with Crippen LogP contribution in [-0.2, 0) is 16.0 Å². The van der Waals surface area contributed by atoms with Crippen molar-refractivity contribution < 1.29 is 14.6 Å². The molecule has 0 saturated carbocycles. The first kappa shape index (κ1) is 17.2. The summed E-state index contributed by atoms with van der Waals surface area (Å²) in [5.74, 6) is -0.0397. The third-order valence-corrected chi connectivity index (χ3v) is 3.58. The number of methoxy groups -OCH3 is 1. The molecule has 0 saturated heterocycles. The zero-order valence-corrected chi connectivity index (χ0v) is 13.4. The van der Waals surface area contributed by atoms with Gasteiger partial charge in [-0.05, 0) is 23.1 Å². The summed E-state index contributed by atoms with van der Waals surface area (Å²) in [5, 5.41) is 12.3. The molecule has 0 radical (unpaired) electrons. The topological polar surface area (TPSA) is 58.6 Å². The molecule has 0 heterocycles. The highest BCUT2D eigenvalue weighted by Gasteiger charge is 2.06. The molecule has 2 aromatic rings. The van der Waals surface area contributed by atoms with Crippen molar-refractivity contribution >= 4 is 5.91 Å². The van der Waals surface area contributed by atoms with Crippen molar-refractivity contribution in [2.75, 3.05) is 20.3 Å². The van der Waals surface area contributed by atoms with Gasteiger partial charge >= 0.3 is 0 Å². The van der Waals surface area contributed by atoms with Gasteiger partial charge < -0.3 is 15.2 Å². The molecule has 1 atom stereocenters. The number of hydrogen-bond donors (Lipinski definition) is 2. The molecule has 23 heavy (non-hydrogen) atoms. The fraction of sp³-hybridized carbons (Fsp3) is 0.316. The van der Waals surface area contributed by atoms with Crippen LogP contribution < -0.4 is 5.32 Å². The van der Waals surface area contributed by atoms with Crippen molar-refractivity contribution in [1.29, 1.82) is 0 Å². The quantitative estimate of drug-likeness (QED) is 0.787. The lowest BCUT2D eigenvalue weighted by Crippen LogP contribution is -2.29. The van der Waals surface area contributed by atoms with Gasteiger partial charge in [0.2, 0.25) is 5.91 Å². The summed E-state index contributed by atoms with van der Waals surface area (Å²) in [6.07, 6.45) is 0.299. The Bertz CT molecular complexity index is 596. The van der Waals surface area contributed by atoms with Crippen molar-refractivity contribution in [3.05, 3.63) is 60.2 Å². The molecular weight excluding hydrogens is 290 g/mol. The molecule has 4 heteroatoms. The van der Waals surface area contributed by atoms with Crippen LogP contribution >= 0.6 is 0 Å². The number of nitrogens with one attached hydrogen (secondary N) is 1. The molecule has 0 aliphatic carbocycles. The highest BCUT2D eigenvalue weighted by molar-refractivity contribution is 5.78. The van der Waals surface area contributed by atoms with Gasteiger partial charge in [0.15, 0.2) is 0 Å². The second-order valence-corrected chi connectivity index (χ2v) is 5.49. The maximum absolute atomic E-state index is 11.9. The standard InChI is InChI=1S/C19H23NO3/c1-23-14-18(21)11-12-20-19(22)13-15-7-9-17(10-8-15)16-5-3-2-4-6-16/h2-10,18,21H,11-14H2,1H3,(H,20,22). The Labute approximate surface area is 137 Å². The molecule has 1 amide bonds. The number of benzene rings is 2. The average molecular weight is 313 g/mol. The van der Waals surface area contributed by atoms with Crippen LogP contribution in [0.2, 0.25) is 0 Å². The average Bonchev–Trinajstić information content (AvgIpc) is 2.56. The van der Waals surface area contributed by atoms with Crippen molar-refractivity contribution in [3.8, 4) is 11.1 Å². The van der Waals surface area contributed by atoms with Gasteiger partial charge in [0.25, 0.3) is 0 Å². The highest BCUT2D eigenvalue weighted by Crippen LogP contribution is 2.19. The summed E-state index contributed by atoms with van der Waals surface area (Å²) in [4.78, 5) is 11.9. The van der Waals surface area contributed by atoms with E-state index in [9.17, 15) is 9.90 Å². The van der Waals surface area contributed by atoms with E-state index in [1.54, 1.807) is 7.11 Å². The fourth-order valence-electron chi connectivity index (χ4n) is 2.35. The minimum atomic E-state index is -0.537. The second kappa shape index (κ2) is 9.08. The summed E-state index contributed by atoms with van der Waals surface area (Å²) in [7, 11) is 1.54. The number of amides is 1. The van der Waals surface area contributed by atoms with Gasteiger partial charge in [0.1, 0.15) is 0 Å². The van der Waals surface area contributed by atoms with Crippen LogP contribution in [0.15, 0.2) is 54.6 Å². The molecule has 0 aliphatic rings. The summed E-state index contributed by atoms with van der Waals surface area (Å²) >= 11 is 0. The lowest BCUT2D eigenvalue weighted by Gasteiger charge is -2.10. The lowest BCUT2D eigenvalue weighted by atomic mass is 10.0. The number of hydrogen-bond acceptors (Lipinski definition) is 3. The maximum Gasteiger partial charge on any atom is 0.224 e. The normalized spacial score (nSPS) is 11.9. The van der Waals surface area contributed by atoms with Crippen LogP contribution in [0.4, 0.5) is 0 Å². The lowest BCUT2D eigenvalue weighted by molar-refractivity contribution is -0.120. The van der Waals surface area contributed by atoms with E-state index in [2.05, 4.69) is 17.4 Å². The third-order valence-electron chi connectivity index (χ3n) is 3.58. The summed E-state index contributed by atoms with van der Waals surface area (Å²) in [6.45, 7) is 0.738. The first-order valence-corrected chi connectivity index (χ1v) is 7.77. The smallest absolute Gasteiger partial charge is 0.224 e. The van der Waals surface area contributed by atoms with Gasteiger partial charge in [-0.1, -0.05) is 54.6 Å². The van der Waals surface area contributed by atoms with Crippen LogP contribution in [0.3, 0.4) is 0 Å². The van der Waals surface area contributed by atoms with E-state index in [4.69, 9.17) is 4.74 Å². The molecule has 4 nitrogen and oxygen atoms in total. The van der Waals surface area contributed by atoms with Crippen LogP contribution in [-0.4, -0.2) is 37.4 Å². The fourth-order valence-corrected chi connectivity index (χ4v) is 2.35. The number of aliphatic hydroxyl groups is 1. The zero-order chi connectivity index (χ0) is 16.5. The van der Waals surface area contributed by atoms with E-state index in [1.807, 2.05) is 42.5 Å². The summed E-state index contributed by atoms with van der Waals surface area (Å²) < 4.78 is 4.84. The van der Waals surface area contributed by atoms with Crippen molar-refractivity contribution in [1.82, 2.24) is 5.32 Å². The maximum atomic E-state index is 11.9. The predicted molar refractivity (Wildman–Crippen MR) is 91.1 cm³/mol. The Kier molecular flexibility index (Phi) is 6.78. The first-order chi connectivity index (χ1) is 11.2. The molecule has 2 N–H and O–H groups in total. The Morgan fingerprint density at radius 3 is 2.39 bits per heavy atom. The molecule has 0 spiro atoms. The van der Waals surface area contributed by atoms with E-state index in [0.717, 1.165) is 16.7 Å². The zero-order valence-electron chi connectivity index (χ0n) is 13.4. The van der Waals surface area contributed by atoms with Gasteiger partial charge in [0, 0.05) is 13.7 Å². The number of ether oxygens (including phenoxy) is 1. The van der Waals surface area contributed by atoms with Crippen molar-refractivity contribution in [2.24, 2.45) is 0 Å². The summed E-state index contributed by atoms with van der Waals surface area (Å²) in [5.41, 5.74) is 3.27. The Hall–Kier alpha value is -2.17. The van der Waals surface area contributed by atoms with Gasteiger partial charge in [-0.3, -0.25) is 4.79 Å². The van der Waals surface area contributed by atoms with Gasteiger partial charge in [-0.2, -0.15) is 0 Å². The molecular formula is C19H23NO3. The second-order valence-electron chi connectivity index (χ2n) is 5.49. The van der Waals surface area contributed by atoms with E-state index in [-0.39, 0.29) is 12.5 Å². The predicted octanol–water partition coefficient (Wildman–Crippen LogP) is 2.41. The Morgan fingerprint density at radius 2 is 1.74 bits per heavy atom. The first-order valence-electron chi connectivity index (χ1n) is 7.77. The van der Waals surface area contributed by atoms with Crippen LogP contribution in [0.25, 0.3) is 11.1 Å². The van der Waals surface area contributed by atoms with Gasteiger partial charge in [-0.25, -0.2) is 0 Å². The number of carbonyl (C=O) groups excluding carboxylic acids is 1. The third kappa shape index (κ3) is 5.85. The Morgan fingerprint density at radius 1 is 1.09 bits per heavy atom. The van der Waals surface area contributed by atoms with Crippen LogP contribution in [0.5, 0.6) is 0 Å². The SMILES string of the molecule is COCC(O)CCNC(=O)Cc1ccc(-c2ccccc2)cc1. The monoisotopic (exact) mass is 313 g/mol. The van der Waals surface area contributed by atoms with Crippen molar-refractivity contribution in [3.63, 3.8) is 0 Å². The molecule has 0 fully saturated rings. The number of carbonyl (C=O) groups is 1. The summed E-state index contributed by atoms with van der Waals surface area (Å²) in [6, 6.07) is 18.1. The Balaban J connectivity index is 1.80. The molecule has 1 unspecified atom stereocenters. The van der Waals surface area contributed by atoms with Crippen LogP contribution in [0.1, 0.15) is 12.0 Å². The van der Waals surface area contributed by atoms with Crippen LogP contribution in [0, 0.1) is 0 Å². The largest absolute Gasteiger partial charge is 0.391 e. The molecule has 122 valence electrons. The highest BCUT2D eigenvalue weighted by atomic mass is 16.5. The van der Waals surface area contributed by atoms with Crippen molar-refractivity contribution in [2.45, 2.75) is 18.9 Å². The van der Waals surface area contributed by atoms with E-state index in [0.29, 0.717) is 19.4 Å². The minimum absolute atomic E-state index is 0.0397. The minimum Gasteiger partial charge on any atom is -0.391 e.